The fourth-order valence-electron chi connectivity index (χ4n) is 4.39. The first-order chi connectivity index (χ1) is 20.3. The monoisotopic (exact) mass is 647 g/mol. The Labute approximate surface area is 258 Å². The van der Waals surface area contributed by atoms with Gasteiger partial charge in [-0.25, -0.2) is 22.7 Å². The molecule has 15 heteroatoms. The van der Waals surface area contributed by atoms with Crippen molar-refractivity contribution in [3.8, 4) is 23.0 Å². The molecule has 1 aliphatic rings. The Kier molecular flexibility index (Phi) is 11.4. The van der Waals surface area contributed by atoms with E-state index >= 15 is 0 Å². The lowest BCUT2D eigenvalue weighted by molar-refractivity contribution is 0.131. The number of sulfonamides is 1. The fourth-order valence-corrected chi connectivity index (χ4v) is 5.26. The zero-order valence-corrected chi connectivity index (χ0v) is 25.7. The van der Waals surface area contributed by atoms with Crippen molar-refractivity contribution in [3.05, 3.63) is 66.7 Å². The molecule has 0 atom stereocenters. The summed E-state index contributed by atoms with van der Waals surface area (Å²) in [4.78, 5) is 13.0. The highest BCUT2D eigenvalue weighted by Gasteiger charge is 2.27. The Morgan fingerprint density at radius 3 is 2.27 bits per heavy atom. The van der Waals surface area contributed by atoms with Crippen molar-refractivity contribution in [1.29, 1.82) is 0 Å². The summed E-state index contributed by atoms with van der Waals surface area (Å²) in [5.41, 5.74) is 2.49. The van der Waals surface area contributed by atoms with Gasteiger partial charge in [0, 0.05) is 36.4 Å². The quantitative estimate of drug-likeness (QED) is 0.250. The van der Waals surface area contributed by atoms with E-state index in [1.807, 2.05) is 49.4 Å². The predicted octanol–water partition coefficient (Wildman–Crippen LogP) is 4.82. The van der Waals surface area contributed by atoms with Gasteiger partial charge in [0.05, 0.1) is 31.3 Å². The van der Waals surface area contributed by atoms with E-state index in [9.17, 15) is 16.8 Å². The summed E-state index contributed by atoms with van der Waals surface area (Å²) in [7, 11) is -5.29. The van der Waals surface area contributed by atoms with Crippen molar-refractivity contribution >= 4 is 42.5 Å². The van der Waals surface area contributed by atoms with Gasteiger partial charge in [-0.05, 0) is 61.7 Å². The zero-order chi connectivity index (χ0) is 31.2. The highest BCUT2D eigenvalue weighted by molar-refractivity contribution is 7.88. The van der Waals surface area contributed by atoms with Crippen LogP contribution in [0.4, 0.5) is 11.5 Å². The number of nitrogens with one attached hydrogen (secondary N) is 1. The summed E-state index contributed by atoms with van der Waals surface area (Å²) in [6, 6.07) is 13.2. The van der Waals surface area contributed by atoms with E-state index in [1.54, 1.807) is 19.5 Å². The minimum Gasteiger partial charge on any atom is -0.493 e. The summed E-state index contributed by atoms with van der Waals surface area (Å²) in [6.45, 7) is 2.82. The lowest BCUT2D eigenvalue weighted by atomic mass is 10.1. The van der Waals surface area contributed by atoms with Gasteiger partial charge in [0.25, 0.3) is 10.1 Å². The highest BCUT2D eigenvalue weighted by Crippen LogP contribution is 2.37. The molecule has 1 aliphatic heterocycles. The van der Waals surface area contributed by atoms with Crippen LogP contribution in [0.25, 0.3) is 10.9 Å². The summed E-state index contributed by atoms with van der Waals surface area (Å²) in [5.74, 6) is 3.14. The summed E-state index contributed by atoms with van der Waals surface area (Å²) < 4.78 is 68.8. The molecule has 2 N–H and O–H groups in total. The standard InChI is InChI=1S/C27H29N5O5S.CH4O3S.CH4/c1-18-13-19(6-7-24(18)37-21-5-4-10-28-16-21)31-27-22-14-26(25(35-2)15-23(22)29-17-30-27)36-20-8-11-32(12-9-20)38(3,33)34;1-5(2,3)4;/h4-7,10,13-17,20H,8-9,11-12H2,1-3H3,(H,29,30,31);1H3,(H,2,3,4);1H4. The number of fused-ring (bicyclic) bond motifs is 1. The number of hydrogen-bond donors (Lipinski definition) is 2. The number of pyridine rings is 1. The van der Waals surface area contributed by atoms with Crippen molar-refractivity contribution in [2.45, 2.75) is 33.3 Å². The molecule has 0 aliphatic carbocycles. The van der Waals surface area contributed by atoms with Gasteiger partial charge in [0.15, 0.2) is 11.5 Å². The number of piperidine rings is 1. The second-order valence-electron chi connectivity index (χ2n) is 9.85. The van der Waals surface area contributed by atoms with Crippen LogP contribution in [0.3, 0.4) is 0 Å². The molecule has 5 rings (SSSR count). The van der Waals surface area contributed by atoms with Crippen LogP contribution >= 0.6 is 0 Å². The average molecular weight is 648 g/mol. The van der Waals surface area contributed by atoms with Crippen molar-refractivity contribution in [2.75, 3.05) is 38.0 Å². The van der Waals surface area contributed by atoms with E-state index in [1.165, 1.54) is 16.9 Å². The molecule has 4 aromatic rings. The maximum atomic E-state index is 11.8. The second-order valence-corrected chi connectivity index (χ2v) is 13.3. The first-order valence-electron chi connectivity index (χ1n) is 13.1. The number of ether oxygens (including phenoxy) is 3. The number of hydrogen-bond acceptors (Lipinski definition) is 11. The number of benzene rings is 2. The summed E-state index contributed by atoms with van der Waals surface area (Å²) in [5, 5.41) is 4.15. The van der Waals surface area contributed by atoms with Crippen LogP contribution in [0.2, 0.25) is 0 Å². The van der Waals surface area contributed by atoms with E-state index in [-0.39, 0.29) is 13.5 Å². The van der Waals surface area contributed by atoms with Gasteiger partial charge in [-0.2, -0.15) is 8.42 Å². The molecule has 1 saturated heterocycles. The van der Waals surface area contributed by atoms with Crippen molar-refractivity contribution in [1.82, 2.24) is 19.3 Å². The third kappa shape index (κ3) is 9.74. The van der Waals surface area contributed by atoms with E-state index in [2.05, 4.69) is 20.3 Å². The normalized spacial score (nSPS) is 14.1. The molecule has 2 aromatic heterocycles. The van der Waals surface area contributed by atoms with E-state index < -0.39 is 20.1 Å². The molecular weight excluding hydrogens is 610 g/mol. The number of nitrogens with zero attached hydrogens (tertiary/aromatic N) is 4. The molecule has 2 aromatic carbocycles. The van der Waals surface area contributed by atoms with E-state index in [0.717, 1.165) is 22.4 Å². The molecule has 44 heavy (non-hydrogen) atoms. The van der Waals surface area contributed by atoms with Crippen LogP contribution in [0.1, 0.15) is 25.8 Å². The Morgan fingerprint density at radius 2 is 1.68 bits per heavy atom. The summed E-state index contributed by atoms with van der Waals surface area (Å²) >= 11 is 0. The largest absolute Gasteiger partial charge is 0.493 e. The molecule has 0 spiro atoms. The van der Waals surface area contributed by atoms with Crippen LogP contribution < -0.4 is 19.5 Å². The maximum Gasteiger partial charge on any atom is 0.261 e. The van der Waals surface area contributed by atoms with Gasteiger partial charge >= 0.3 is 0 Å². The van der Waals surface area contributed by atoms with Crippen molar-refractivity contribution < 1.29 is 35.6 Å². The molecule has 0 bridgehead atoms. The lowest BCUT2D eigenvalue weighted by Gasteiger charge is -2.30. The smallest absolute Gasteiger partial charge is 0.261 e. The molecule has 238 valence electrons. The molecule has 0 unspecified atom stereocenters. The zero-order valence-electron chi connectivity index (χ0n) is 24.1. The molecule has 13 nitrogen and oxygen atoms in total. The predicted molar refractivity (Wildman–Crippen MR) is 169 cm³/mol. The molecule has 3 heterocycles. The molecule has 1 fully saturated rings. The molecule has 0 amide bonds. The van der Waals surface area contributed by atoms with Gasteiger partial charge < -0.3 is 19.5 Å². The third-order valence-corrected chi connectivity index (χ3v) is 7.69. The fraction of sp³-hybridized carbons (Fsp3) is 0.345. The molecule has 0 saturated carbocycles. The first kappa shape index (κ1) is 34.4. The van der Waals surface area contributed by atoms with Crippen LogP contribution in [0.5, 0.6) is 23.0 Å². The first-order valence-corrected chi connectivity index (χ1v) is 16.8. The minimum absolute atomic E-state index is 0. The SMILES string of the molecule is C.COc1cc2ncnc(Nc3ccc(Oc4cccnc4)c(C)c3)c2cc1OC1CCN(S(C)(=O)=O)CC1.CS(=O)(=O)O. The van der Waals surface area contributed by atoms with Crippen molar-refractivity contribution in [2.24, 2.45) is 0 Å². The average Bonchev–Trinajstić information content (AvgIpc) is 2.94. The topological polar surface area (TPSA) is 170 Å². The Balaban J connectivity index is 0.000000817. The summed E-state index contributed by atoms with van der Waals surface area (Å²) in [6.07, 6.45) is 7.88. The van der Waals surface area contributed by atoms with Gasteiger partial charge in [0.2, 0.25) is 10.0 Å². The van der Waals surface area contributed by atoms with Gasteiger partial charge in [-0.3, -0.25) is 9.54 Å². The van der Waals surface area contributed by atoms with Gasteiger partial charge in [-0.15, -0.1) is 0 Å². The maximum absolute atomic E-state index is 11.8. The Morgan fingerprint density at radius 1 is 0.977 bits per heavy atom. The van der Waals surface area contributed by atoms with E-state index in [4.69, 9.17) is 18.8 Å². The van der Waals surface area contributed by atoms with E-state index in [0.29, 0.717) is 60.8 Å². The third-order valence-electron chi connectivity index (χ3n) is 6.38. The molecule has 0 radical (unpaired) electrons. The van der Waals surface area contributed by atoms with Gasteiger partial charge in [0.1, 0.15) is 29.7 Å². The van der Waals surface area contributed by atoms with Crippen LogP contribution in [0.15, 0.2) is 61.2 Å². The van der Waals surface area contributed by atoms with Crippen LogP contribution in [-0.2, 0) is 20.1 Å². The number of rotatable bonds is 8. The number of aromatic nitrogens is 3. The molecular formula is C29H37N5O8S2. The second kappa shape index (κ2) is 14.6. The van der Waals surface area contributed by atoms with Crippen LogP contribution in [-0.4, -0.2) is 79.5 Å². The Hall–Kier alpha value is -4.05. The highest BCUT2D eigenvalue weighted by atomic mass is 32.2. The van der Waals surface area contributed by atoms with Crippen LogP contribution in [0, 0.1) is 6.92 Å². The van der Waals surface area contributed by atoms with Crippen molar-refractivity contribution in [3.63, 3.8) is 0 Å². The number of anilines is 2. The minimum atomic E-state index is -3.67. The number of methoxy groups -OCH3 is 1. The Bertz CT molecular complexity index is 1770. The lowest BCUT2D eigenvalue weighted by Crippen LogP contribution is -2.41. The van der Waals surface area contributed by atoms with Gasteiger partial charge in [-0.1, -0.05) is 7.43 Å². The number of aryl methyl sites for hydroxylation is 1.